The molecule has 1 aliphatic rings. The predicted molar refractivity (Wildman–Crippen MR) is 126 cm³/mol. The summed E-state index contributed by atoms with van der Waals surface area (Å²) in [6, 6.07) is 17.3. The normalized spacial score (nSPS) is 14.6. The fourth-order valence-electron chi connectivity index (χ4n) is 3.71. The zero-order chi connectivity index (χ0) is 23.8. The fraction of sp³-hybridized carbons (Fsp3) is 0.192. The first-order valence-electron chi connectivity index (χ1n) is 10.7. The molecular weight excluding hydrogens is 441 g/mol. The van der Waals surface area contributed by atoms with Gasteiger partial charge in [0.2, 0.25) is 15.6 Å². The molecular formula is C26H24FNO4S. The number of hydrogen-bond acceptors (Lipinski definition) is 5. The number of allylic oxidation sites excluding steroid dienone is 1. The summed E-state index contributed by atoms with van der Waals surface area (Å²) < 4.78 is 46.2. The van der Waals surface area contributed by atoms with Crippen LogP contribution in [0.5, 0.6) is 5.75 Å². The number of rotatable bonds is 6. The third-order valence-electron chi connectivity index (χ3n) is 5.50. The predicted octanol–water partition coefficient (Wildman–Crippen LogP) is 6.00. The zero-order valence-electron chi connectivity index (χ0n) is 18.6. The van der Waals surface area contributed by atoms with Crippen molar-refractivity contribution in [3.8, 4) is 5.75 Å². The highest BCUT2D eigenvalue weighted by Crippen LogP contribution is 2.41. The van der Waals surface area contributed by atoms with Crippen molar-refractivity contribution in [1.29, 1.82) is 0 Å². The van der Waals surface area contributed by atoms with Gasteiger partial charge in [0, 0.05) is 17.5 Å². The summed E-state index contributed by atoms with van der Waals surface area (Å²) in [5.41, 5.74) is 2.11. The molecule has 5 nitrogen and oxygen atoms in total. The van der Waals surface area contributed by atoms with Crippen molar-refractivity contribution in [3.63, 3.8) is 0 Å². The molecule has 7 heteroatoms. The second-order valence-electron chi connectivity index (χ2n) is 8.01. The lowest BCUT2D eigenvalue weighted by Crippen LogP contribution is -2.26. The zero-order valence-corrected chi connectivity index (χ0v) is 19.4. The Morgan fingerprint density at radius 2 is 1.67 bits per heavy atom. The summed E-state index contributed by atoms with van der Waals surface area (Å²) >= 11 is 0. The highest BCUT2D eigenvalue weighted by atomic mass is 32.2. The molecule has 0 N–H and O–H groups in total. The van der Waals surface area contributed by atoms with E-state index in [-0.39, 0.29) is 21.1 Å². The number of anilines is 2. The Morgan fingerprint density at radius 3 is 2.27 bits per heavy atom. The number of halogens is 1. The van der Waals surface area contributed by atoms with Gasteiger partial charge in [-0.25, -0.2) is 12.8 Å². The standard InChI is InChI=1S/C26H24FNO4S/c1-4-32-22-12-7-19(8-13-22)26(29)25-16-28(21-10-5-18(6-11-21)17(2)3)23-15-20(27)9-14-24(23)33(25,30)31/h5-17H,4H2,1-3H3. The van der Waals surface area contributed by atoms with Crippen LogP contribution in [-0.4, -0.2) is 20.8 Å². The molecule has 0 spiro atoms. The minimum absolute atomic E-state index is 0.117. The minimum atomic E-state index is -4.16. The van der Waals surface area contributed by atoms with Crippen LogP contribution in [0.15, 0.2) is 82.7 Å². The Morgan fingerprint density at radius 1 is 1.00 bits per heavy atom. The SMILES string of the molecule is CCOc1ccc(C(=O)C2=CN(c3ccc(C(C)C)cc3)c3cc(F)ccc3S2(=O)=O)cc1. The van der Waals surface area contributed by atoms with Crippen molar-refractivity contribution < 1.29 is 22.3 Å². The molecule has 0 aromatic heterocycles. The molecule has 170 valence electrons. The van der Waals surface area contributed by atoms with Crippen molar-refractivity contribution in [2.24, 2.45) is 0 Å². The van der Waals surface area contributed by atoms with E-state index >= 15 is 0 Å². The van der Waals surface area contributed by atoms with E-state index in [0.717, 1.165) is 17.7 Å². The summed E-state index contributed by atoms with van der Waals surface area (Å²) in [6.45, 7) is 6.47. The molecule has 0 radical (unpaired) electrons. The molecule has 0 bridgehead atoms. The Kier molecular flexibility index (Phi) is 6.08. The van der Waals surface area contributed by atoms with E-state index in [1.54, 1.807) is 17.0 Å². The highest BCUT2D eigenvalue weighted by molar-refractivity contribution is 7.96. The van der Waals surface area contributed by atoms with Crippen LogP contribution in [0.4, 0.5) is 15.8 Å². The number of ether oxygens (including phenoxy) is 1. The molecule has 0 saturated heterocycles. The van der Waals surface area contributed by atoms with Crippen LogP contribution < -0.4 is 9.64 Å². The Bertz CT molecular complexity index is 1330. The molecule has 3 aromatic carbocycles. The van der Waals surface area contributed by atoms with Gasteiger partial charge in [-0.1, -0.05) is 26.0 Å². The van der Waals surface area contributed by atoms with Gasteiger partial charge in [-0.15, -0.1) is 0 Å². The van der Waals surface area contributed by atoms with Gasteiger partial charge in [0.15, 0.2) is 0 Å². The number of carbonyl (C=O) groups excluding carboxylic acids is 1. The second kappa shape index (κ2) is 8.83. The molecule has 3 aromatic rings. The van der Waals surface area contributed by atoms with Crippen LogP contribution >= 0.6 is 0 Å². The smallest absolute Gasteiger partial charge is 0.214 e. The molecule has 1 heterocycles. The fourth-order valence-corrected chi connectivity index (χ4v) is 5.23. The van der Waals surface area contributed by atoms with Crippen LogP contribution in [0, 0.1) is 5.82 Å². The van der Waals surface area contributed by atoms with E-state index in [9.17, 15) is 17.6 Å². The van der Waals surface area contributed by atoms with Crippen LogP contribution in [0.2, 0.25) is 0 Å². The molecule has 0 amide bonds. The molecule has 0 aliphatic carbocycles. The van der Waals surface area contributed by atoms with Gasteiger partial charge in [-0.05, 0) is 73.0 Å². The Balaban J connectivity index is 1.84. The van der Waals surface area contributed by atoms with Crippen molar-refractivity contribution in [1.82, 2.24) is 0 Å². The van der Waals surface area contributed by atoms with Gasteiger partial charge in [0.1, 0.15) is 16.5 Å². The average molecular weight is 466 g/mol. The number of ketones is 1. The summed E-state index contributed by atoms with van der Waals surface area (Å²) in [7, 11) is -4.16. The monoisotopic (exact) mass is 465 g/mol. The van der Waals surface area contributed by atoms with E-state index in [2.05, 4.69) is 13.8 Å². The maximum atomic E-state index is 14.1. The van der Waals surface area contributed by atoms with E-state index in [1.807, 2.05) is 31.2 Å². The van der Waals surface area contributed by atoms with E-state index in [0.29, 0.717) is 24.0 Å². The number of sulfone groups is 1. The maximum Gasteiger partial charge on any atom is 0.214 e. The van der Waals surface area contributed by atoms with E-state index in [1.165, 1.54) is 24.4 Å². The van der Waals surface area contributed by atoms with Crippen LogP contribution in [-0.2, 0) is 9.84 Å². The second-order valence-corrected chi connectivity index (χ2v) is 9.90. The molecule has 1 aliphatic heterocycles. The van der Waals surface area contributed by atoms with E-state index in [4.69, 9.17) is 4.74 Å². The molecule has 0 atom stereocenters. The number of fused-ring (bicyclic) bond motifs is 1. The highest BCUT2D eigenvalue weighted by Gasteiger charge is 2.36. The quantitative estimate of drug-likeness (QED) is 0.330. The Labute approximate surface area is 193 Å². The Hall–Kier alpha value is -3.45. The van der Waals surface area contributed by atoms with Crippen molar-refractivity contribution in [2.45, 2.75) is 31.6 Å². The average Bonchev–Trinajstić information content (AvgIpc) is 2.79. The summed E-state index contributed by atoms with van der Waals surface area (Å²) in [4.78, 5) is 14.3. The number of Topliss-reactive ketones (excluding diaryl/α,β-unsaturated/α-hetero) is 1. The largest absolute Gasteiger partial charge is 0.494 e. The lowest BCUT2D eigenvalue weighted by atomic mass is 10.0. The molecule has 0 unspecified atom stereocenters. The van der Waals surface area contributed by atoms with Gasteiger partial charge in [-0.2, -0.15) is 0 Å². The summed E-state index contributed by atoms with van der Waals surface area (Å²) in [5.74, 6) is -0.306. The van der Waals surface area contributed by atoms with Crippen molar-refractivity contribution >= 4 is 27.0 Å². The van der Waals surface area contributed by atoms with Gasteiger partial charge < -0.3 is 9.64 Å². The summed E-state index contributed by atoms with van der Waals surface area (Å²) in [5, 5.41) is 0. The minimum Gasteiger partial charge on any atom is -0.494 e. The molecule has 0 saturated carbocycles. The van der Waals surface area contributed by atoms with Crippen molar-refractivity contribution in [3.05, 3.63) is 94.8 Å². The van der Waals surface area contributed by atoms with Crippen LogP contribution in [0.3, 0.4) is 0 Å². The third-order valence-corrected chi connectivity index (χ3v) is 7.29. The first-order chi connectivity index (χ1) is 15.7. The van der Waals surface area contributed by atoms with Gasteiger partial charge in [-0.3, -0.25) is 4.79 Å². The lowest BCUT2D eigenvalue weighted by molar-refractivity contribution is 0.104. The maximum absolute atomic E-state index is 14.1. The number of hydrogen-bond donors (Lipinski definition) is 0. The van der Waals surface area contributed by atoms with Crippen LogP contribution in [0.1, 0.15) is 42.6 Å². The van der Waals surface area contributed by atoms with Gasteiger partial charge in [0.05, 0.1) is 17.2 Å². The first kappa shape index (κ1) is 22.7. The van der Waals surface area contributed by atoms with Crippen LogP contribution in [0.25, 0.3) is 0 Å². The molecule has 33 heavy (non-hydrogen) atoms. The number of carbonyl (C=O) groups is 1. The number of nitrogens with zero attached hydrogens (tertiary/aromatic N) is 1. The topological polar surface area (TPSA) is 63.7 Å². The van der Waals surface area contributed by atoms with Crippen molar-refractivity contribution in [2.75, 3.05) is 11.5 Å². The van der Waals surface area contributed by atoms with E-state index < -0.39 is 21.4 Å². The molecule has 4 rings (SSSR count). The molecule has 0 fully saturated rings. The first-order valence-corrected chi connectivity index (χ1v) is 12.1. The lowest BCUT2D eigenvalue weighted by Gasteiger charge is -2.29. The third kappa shape index (κ3) is 4.28. The van der Waals surface area contributed by atoms with Gasteiger partial charge in [0.25, 0.3) is 0 Å². The van der Waals surface area contributed by atoms with Gasteiger partial charge >= 0.3 is 0 Å². The summed E-state index contributed by atoms with van der Waals surface area (Å²) in [6.07, 6.45) is 1.28. The number of benzene rings is 3.